The average molecular weight is 345 g/mol. The van der Waals surface area contributed by atoms with Gasteiger partial charge < -0.3 is 15.1 Å². The molecular formula is C19H31N5O. The van der Waals surface area contributed by atoms with Crippen molar-refractivity contribution in [1.29, 1.82) is 0 Å². The molecule has 6 heteroatoms. The van der Waals surface area contributed by atoms with Gasteiger partial charge in [0.1, 0.15) is 5.54 Å². The molecule has 1 unspecified atom stereocenters. The van der Waals surface area contributed by atoms with Crippen LogP contribution in [-0.4, -0.2) is 71.3 Å². The van der Waals surface area contributed by atoms with E-state index < -0.39 is 5.54 Å². The highest BCUT2D eigenvalue weighted by atomic mass is 16.2. The molecular weight excluding hydrogens is 314 g/mol. The Kier molecular flexibility index (Phi) is 5.08. The monoisotopic (exact) mass is 345 g/mol. The summed E-state index contributed by atoms with van der Waals surface area (Å²) in [5.41, 5.74) is -0.477. The fourth-order valence-corrected chi connectivity index (χ4v) is 4.87. The zero-order chi connectivity index (χ0) is 17.1. The van der Waals surface area contributed by atoms with Gasteiger partial charge in [-0.1, -0.05) is 6.42 Å². The van der Waals surface area contributed by atoms with Crippen LogP contribution in [0, 0.1) is 5.92 Å². The molecule has 25 heavy (non-hydrogen) atoms. The molecule has 0 spiro atoms. The van der Waals surface area contributed by atoms with Gasteiger partial charge in [-0.25, -0.2) is 0 Å². The van der Waals surface area contributed by atoms with E-state index in [2.05, 4.69) is 20.2 Å². The first-order chi connectivity index (χ1) is 12.3. The molecule has 1 N–H and O–H groups in total. The van der Waals surface area contributed by atoms with Crippen molar-refractivity contribution in [3.63, 3.8) is 0 Å². The van der Waals surface area contributed by atoms with E-state index in [0.717, 1.165) is 45.4 Å². The van der Waals surface area contributed by atoms with Crippen LogP contribution >= 0.6 is 0 Å². The van der Waals surface area contributed by atoms with Gasteiger partial charge in [0.25, 0.3) is 5.91 Å². The Bertz CT molecular complexity index is 560. The average Bonchev–Trinajstić information content (AvgIpc) is 3.35. The Morgan fingerprint density at radius 2 is 1.96 bits per heavy atom. The number of hydrogen-bond donors (Lipinski definition) is 1. The molecule has 3 aliphatic rings. The molecule has 3 saturated heterocycles. The van der Waals surface area contributed by atoms with Crippen molar-refractivity contribution in [1.82, 2.24) is 24.9 Å². The van der Waals surface area contributed by atoms with Gasteiger partial charge >= 0.3 is 0 Å². The maximum Gasteiger partial charge on any atom is 0.250 e. The zero-order valence-electron chi connectivity index (χ0n) is 15.2. The second-order valence-electron chi connectivity index (χ2n) is 8.00. The minimum absolute atomic E-state index is 0.291. The van der Waals surface area contributed by atoms with Crippen LogP contribution in [-0.2, 0) is 10.3 Å². The normalized spacial score (nSPS) is 27.5. The first-order valence-electron chi connectivity index (χ1n) is 10.0. The fourth-order valence-electron chi connectivity index (χ4n) is 4.87. The van der Waals surface area contributed by atoms with Gasteiger partial charge in [-0.3, -0.25) is 9.48 Å². The molecule has 3 aliphatic heterocycles. The highest BCUT2D eigenvalue weighted by Crippen LogP contribution is 2.32. The Labute approximate surface area is 150 Å². The summed E-state index contributed by atoms with van der Waals surface area (Å²) in [6, 6.07) is 1.93. The highest BCUT2D eigenvalue weighted by molar-refractivity contribution is 5.85. The molecule has 4 rings (SSSR count). The minimum Gasteiger partial charge on any atom is -0.340 e. The Morgan fingerprint density at radius 1 is 1.16 bits per heavy atom. The lowest BCUT2D eigenvalue weighted by atomic mass is 9.87. The molecule has 6 nitrogen and oxygen atoms in total. The molecule has 1 atom stereocenters. The van der Waals surface area contributed by atoms with Crippen molar-refractivity contribution in [2.24, 2.45) is 5.92 Å². The number of carbonyl (C=O) groups is 1. The Hall–Kier alpha value is -1.40. The van der Waals surface area contributed by atoms with E-state index in [1.54, 1.807) is 6.20 Å². The highest BCUT2D eigenvalue weighted by Gasteiger charge is 2.45. The van der Waals surface area contributed by atoms with Crippen LogP contribution in [0.25, 0.3) is 0 Å². The second-order valence-corrected chi connectivity index (χ2v) is 8.00. The first-order valence-corrected chi connectivity index (χ1v) is 10.0. The summed E-state index contributed by atoms with van der Waals surface area (Å²) in [6.45, 7) is 7.26. The first kappa shape index (κ1) is 17.0. The number of amides is 1. The molecule has 1 aromatic heterocycles. The van der Waals surface area contributed by atoms with E-state index in [1.807, 2.05) is 16.9 Å². The molecule has 0 aliphatic carbocycles. The van der Waals surface area contributed by atoms with Crippen LogP contribution in [0.5, 0.6) is 0 Å². The van der Waals surface area contributed by atoms with Gasteiger partial charge in [-0.05, 0) is 70.3 Å². The summed E-state index contributed by atoms with van der Waals surface area (Å²) in [5, 5.41) is 7.84. The summed E-state index contributed by atoms with van der Waals surface area (Å²) < 4.78 is 1.92. The topological polar surface area (TPSA) is 53.4 Å². The van der Waals surface area contributed by atoms with Crippen molar-refractivity contribution >= 4 is 5.91 Å². The summed E-state index contributed by atoms with van der Waals surface area (Å²) in [4.78, 5) is 18.2. The van der Waals surface area contributed by atoms with E-state index >= 15 is 0 Å². The Balaban J connectivity index is 1.42. The van der Waals surface area contributed by atoms with Gasteiger partial charge in [0.2, 0.25) is 0 Å². The maximum absolute atomic E-state index is 13.5. The van der Waals surface area contributed by atoms with Crippen LogP contribution in [0.15, 0.2) is 18.5 Å². The van der Waals surface area contributed by atoms with Crippen LogP contribution in [0.4, 0.5) is 0 Å². The summed E-state index contributed by atoms with van der Waals surface area (Å²) in [7, 11) is 0. The van der Waals surface area contributed by atoms with Crippen molar-refractivity contribution in [2.45, 2.75) is 44.1 Å². The number of aromatic nitrogens is 2. The summed E-state index contributed by atoms with van der Waals surface area (Å²) in [6.07, 6.45) is 10.6. The molecule has 0 aromatic carbocycles. The molecule has 3 fully saturated rings. The fraction of sp³-hybridized carbons (Fsp3) is 0.789. The third kappa shape index (κ3) is 3.47. The number of carbonyl (C=O) groups excluding carboxylic acids is 1. The van der Waals surface area contributed by atoms with Crippen molar-refractivity contribution in [2.75, 3.05) is 45.8 Å². The third-order valence-electron chi connectivity index (χ3n) is 6.31. The molecule has 0 radical (unpaired) electrons. The van der Waals surface area contributed by atoms with Crippen molar-refractivity contribution in [3.8, 4) is 0 Å². The van der Waals surface area contributed by atoms with E-state index in [0.29, 0.717) is 11.8 Å². The van der Waals surface area contributed by atoms with Gasteiger partial charge in [0.15, 0.2) is 0 Å². The number of piperidine rings is 2. The van der Waals surface area contributed by atoms with Crippen molar-refractivity contribution in [3.05, 3.63) is 18.5 Å². The van der Waals surface area contributed by atoms with E-state index in [1.165, 1.54) is 38.9 Å². The molecule has 0 bridgehead atoms. The standard InChI is InChI=1S/C19H31N5O/c25-18(19(6-9-20-10-7-19)24-13-4-8-21-24)23-14-5-17(16-23)15-22-11-2-1-3-12-22/h4,8,13,17,20H,1-3,5-7,9-12,14-16H2. The number of nitrogens with zero attached hydrogens (tertiary/aromatic N) is 4. The lowest BCUT2D eigenvalue weighted by Crippen LogP contribution is -2.55. The third-order valence-corrected chi connectivity index (χ3v) is 6.31. The zero-order valence-corrected chi connectivity index (χ0v) is 15.2. The van der Waals surface area contributed by atoms with Crippen LogP contribution in [0.3, 0.4) is 0 Å². The Morgan fingerprint density at radius 3 is 2.68 bits per heavy atom. The van der Waals surface area contributed by atoms with Crippen LogP contribution in [0.2, 0.25) is 0 Å². The quantitative estimate of drug-likeness (QED) is 0.894. The molecule has 0 saturated carbocycles. The summed E-state index contributed by atoms with van der Waals surface area (Å²) >= 11 is 0. The predicted octanol–water partition coefficient (Wildman–Crippen LogP) is 1.30. The minimum atomic E-state index is -0.477. The van der Waals surface area contributed by atoms with Gasteiger partial charge in [-0.2, -0.15) is 5.10 Å². The molecule has 138 valence electrons. The summed E-state index contributed by atoms with van der Waals surface area (Å²) in [5.74, 6) is 0.928. The number of hydrogen-bond acceptors (Lipinski definition) is 4. The molecule has 4 heterocycles. The molecule has 1 aromatic rings. The largest absolute Gasteiger partial charge is 0.340 e. The van der Waals surface area contributed by atoms with E-state index in [4.69, 9.17) is 0 Å². The van der Waals surface area contributed by atoms with Crippen LogP contribution < -0.4 is 5.32 Å². The molecule has 1 amide bonds. The predicted molar refractivity (Wildman–Crippen MR) is 97.3 cm³/mol. The second kappa shape index (κ2) is 7.46. The SMILES string of the molecule is O=C(N1CCC(CN2CCCCC2)C1)C1(n2cccn2)CCNCC1. The number of nitrogens with one attached hydrogen (secondary N) is 1. The lowest BCUT2D eigenvalue weighted by molar-refractivity contribution is -0.142. The maximum atomic E-state index is 13.5. The smallest absolute Gasteiger partial charge is 0.250 e. The van der Waals surface area contributed by atoms with E-state index in [-0.39, 0.29) is 0 Å². The van der Waals surface area contributed by atoms with Gasteiger partial charge in [-0.15, -0.1) is 0 Å². The number of rotatable bonds is 4. The van der Waals surface area contributed by atoms with Gasteiger partial charge in [0, 0.05) is 32.0 Å². The van der Waals surface area contributed by atoms with Crippen LogP contribution in [0.1, 0.15) is 38.5 Å². The lowest BCUT2D eigenvalue weighted by Gasteiger charge is -2.39. The van der Waals surface area contributed by atoms with E-state index in [9.17, 15) is 4.79 Å². The van der Waals surface area contributed by atoms with Crippen molar-refractivity contribution < 1.29 is 4.79 Å². The number of likely N-dealkylation sites (tertiary alicyclic amines) is 2. The van der Waals surface area contributed by atoms with Gasteiger partial charge in [0.05, 0.1) is 0 Å².